The molecule has 1 N–H and O–H groups in total. The zero-order chi connectivity index (χ0) is 13.9. The highest BCUT2D eigenvalue weighted by atomic mass is 35.5. The fourth-order valence-electron chi connectivity index (χ4n) is 1.21. The highest BCUT2D eigenvalue weighted by Gasteiger charge is 2.43. The van der Waals surface area contributed by atoms with E-state index in [1.165, 1.54) is 18.2 Å². The quantitative estimate of drug-likeness (QED) is 0.925. The average Bonchev–Trinajstić information content (AvgIpc) is 2.23. The zero-order valence-corrected chi connectivity index (χ0v) is 9.50. The number of carbonyl (C=O) groups excluding carboxylic acids is 1. The molecule has 0 saturated heterocycles. The average molecular weight is 282 g/mol. The lowest BCUT2D eigenvalue weighted by Gasteiger charge is -2.22. The number of carboxylic acids is 1. The molecule has 1 rings (SSSR count). The van der Waals surface area contributed by atoms with Crippen molar-refractivity contribution in [3.63, 3.8) is 0 Å². The molecular weight excluding hydrogens is 275 g/mol. The molecule has 8 heteroatoms. The Morgan fingerprint density at radius 1 is 1.33 bits per heavy atom. The second-order valence-electron chi connectivity index (χ2n) is 3.26. The van der Waals surface area contributed by atoms with Gasteiger partial charge in [0.25, 0.3) is 0 Å². The van der Waals surface area contributed by atoms with Crippen LogP contribution in [-0.2, 0) is 9.59 Å². The van der Waals surface area contributed by atoms with Gasteiger partial charge < -0.3 is 5.11 Å². The van der Waals surface area contributed by atoms with E-state index in [0.717, 1.165) is 6.07 Å². The van der Waals surface area contributed by atoms with E-state index < -0.39 is 24.6 Å². The molecule has 1 aromatic rings. The summed E-state index contributed by atoms with van der Waals surface area (Å²) in [5.74, 6) is -3.82. The van der Waals surface area contributed by atoms with Crippen LogP contribution >= 0.6 is 11.6 Å². The number of halogens is 4. The molecule has 0 aliphatic rings. The molecule has 0 radical (unpaired) electrons. The molecule has 0 fully saturated rings. The molecule has 18 heavy (non-hydrogen) atoms. The number of anilines is 1. The Kier molecular flexibility index (Phi) is 4.18. The van der Waals surface area contributed by atoms with Crippen molar-refractivity contribution in [3.8, 4) is 0 Å². The number of hydrogen-bond donors (Lipinski definition) is 1. The Bertz CT molecular complexity index is 476. The minimum Gasteiger partial charge on any atom is -0.480 e. The minimum absolute atomic E-state index is 0.0952. The third kappa shape index (κ3) is 3.63. The number of carboxylic acid groups (broad SMARTS) is 1. The maximum Gasteiger partial charge on any atom is 0.471 e. The van der Waals surface area contributed by atoms with Crippen LogP contribution in [0.15, 0.2) is 24.3 Å². The lowest BCUT2D eigenvalue weighted by molar-refractivity contribution is -0.170. The first-order valence-corrected chi connectivity index (χ1v) is 4.95. The number of alkyl halides is 3. The van der Waals surface area contributed by atoms with Crippen molar-refractivity contribution in [3.05, 3.63) is 29.3 Å². The van der Waals surface area contributed by atoms with E-state index in [1.54, 1.807) is 0 Å². The molecule has 0 atom stereocenters. The third-order valence-electron chi connectivity index (χ3n) is 1.90. The number of aliphatic carboxylic acids is 1. The topological polar surface area (TPSA) is 57.6 Å². The van der Waals surface area contributed by atoms with Gasteiger partial charge >= 0.3 is 18.1 Å². The smallest absolute Gasteiger partial charge is 0.471 e. The largest absolute Gasteiger partial charge is 0.480 e. The van der Waals surface area contributed by atoms with Gasteiger partial charge in [-0.15, -0.1) is 0 Å². The SMILES string of the molecule is O=C(O)CN(C(=O)C(F)(F)F)c1cccc(Cl)c1. The van der Waals surface area contributed by atoms with Crippen LogP contribution in [0.3, 0.4) is 0 Å². The van der Waals surface area contributed by atoms with E-state index in [0.29, 0.717) is 0 Å². The summed E-state index contributed by atoms with van der Waals surface area (Å²) in [6, 6.07) is 4.95. The van der Waals surface area contributed by atoms with Crippen LogP contribution in [0.4, 0.5) is 18.9 Å². The van der Waals surface area contributed by atoms with Gasteiger partial charge in [-0.2, -0.15) is 13.2 Å². The second kappa shape index (κ2) is 5.26. The summed E-state index contributed by atoms with van der Waals surface area (Å²) < 4.78 is 37.0. The number of amides is 1. The Hall–Kier alpha value is -1.76. The Morgan fingerprint density at radius 3 is 2.39 bits per heavy atom. The van der Waals surface area contributed by atoms with Gasteiger partial charge in [0.05, 0.1) is 0 Å². The lowest BCUT2D eigenvalue weighted by Crippen LogP contribution is -2.44. The molecule has 0 spiro atoms. The van der Waals surface area contributed by atoms with E-state index in [9.17, 15) is 22.8 Å². The molecule has 0 heterocycles. The van der Waals surface area contributed by atoms with Gasteiger partial charge in [-0.25, -0.2) is 0 Å². The Balaban J connectivity index is 3.13. The molecule has 4 nitrogen and oxygen atoms in total. The molecule has 0 unspecified atom stereocenters. The molecule has 0 saturated carbocycles. The minimum atomic E-state index is -5.15. The van der Waals surface area contributed by atoms with E-state index in [1.807, 2.05) is 0 Å². The van der Waals surface area contributed by atoms with Gasteiger partial charge in [-0.05, 0) is 18.2 Å². The van der Waals surface area contributed by atoms with Crippen LogP contribution in [0.5, 0.6) is 0 Å². The van der Waals surface area contributed by atoms with Gasteiger partial charge in [-0.1, -0.05) is 17.7 Å². The van der Waals surface area contributed by atoms with Gasteiger partial charge in [-0.3, -0.25) is 14.5 Å². The Morgan fingerprint density at radius 2 is 1.94 bits per heavy atom. The van der Waals surface area contributed by atoms with E-state index >= 15 is 0 Å². The second-order valence-corrected chi connectivity index (χ2v) is 3.70. The molecule has 0 aliphatic heterocycles. The van der Waals surface area contributed by atoms with E-state index in [4.69, 9.17) is 16.7 Å². The van der Waals surface area contributed by atoms with E-state index in [2.05, 4.69) is 0 Å². The number of benzene rings is 1. The van der Waals surface area contributed by atoms with Crippen LogP contribution < -0.4 is 4.90 Å². The third-order valence-corrected chi connectivity index (χ3v) is 2.14. The maximum atomic E-state index is 12.3. The van der Waals surface area contributed by atoms with Gasteiger partial charge in [0.15, 0.2) is 0 Å². The van der Waals surface area contributed by atoms with E-state index in [-0.39, 0.29) is 15.6 Å². The van der Waals surface area contributed by atoms with Crippen molar-refractivity contribution >= 4 is 29.2 Å². The summed E-state index contributed by atoms with van der Waals surface area (Å²) in [5, 5.41) is 8.63. The first kappa shape index (κ1) is 14.3. The maximum absolute atomic E-state index is 12.3. The van der Waals surface area contributed by atoms with Crippen molar-refractivity contribution < 1.29 is 27.9 Å². The molecule has 0 bridgehead atoms. The molecular formula is C10H7ClF3NO3. The predicted octanol–water partition coefficient (Wildman–Crippen LogP) is 2.32. The molecule has 1 amide bonds. The van der Waals surface area contributed by atoms with Crippen molar-refractivity contribution in [1.82, 2.24) is 0 Å². The highest BCUT2D eigenvalue weighted by molar-refractivity contribution is 6.31. The number of hydrogen-bond acceptors (Lipinski definition) is 2. The van der Waals surface area contributed by atoms with Crippen molar-refractivity contribution in [2.75, 3.05) is 11.4 Å². The normalized spacial score (nSPS) is 11.1. The van der Waals surface area contributed by atoms with Gasteiger partial charge in [0.2, 0.25) is 0 Å². The first-order chi connectivity index (χ1) is 8.21. The van der Waals surface area contributed by atoms with Gasteiger partial charge in [0.1, 0.15) is 6.54 Å². The summed E-state index contributed by atoms with van der Waals surface area (Å²) >= 11 is 5.58. The van der Waals surface area contributed by atoms with Gasteiger partial charge in [0, 0.05) is 10.7 Å². The fourth-order valence-corrected chi connectivity index (χ4v) is 1.40. The molecule has 0 aliphatic carbocycles. The standard InChI is InChI=1S/C10H7ClF3NO3/c11-6-2-1-3-7(4-6)15(5-8(16)17)9(18)10(12,13)14/h1-4H,5H2,(H,16,17). The van der Waals surface area contributed by atoms with Crippen LogP contribution in [-0.4, -0.2) is 29.7 Å². The highest BCUT2D eigenvalue weighted by Crippen LogP contribution is 2.25. The van der Waals surface area contributed by atoms with Crippen molar-refractivity contribution in [1.29, 1.82) is 0 Å². The number of carbonyl (C=O) groups is 2. The summed E-state index contributed by atoms with van der Waals surface area (Å²) in [6.07, 6.45) is -5.15. The Labute approximate surface area is 105 Å². The van der Waals surface area contributed by atoms with Crippen LogP contribution in [0.1, 0.15) is 0 Å². The zero-order valence-electron chi connectivity index (χ0n) is 8.74. The van der Waals surface area contributed by atoms with Crippen LogP contribution in [0, 0.1) is 0 Å². The monoisotopic (exact) mass is 281 g/mol. The summed E-state index contributed by atoms with van der Waals surface area (Å²) in [5.41, 5.74) is -0.229. The number of rotatable bonds is 3. The molecule has 0 aromatic heterocycles. The fraction of sp³-hybridized carbons (Fsp3) is 0.200. The lowest BCUT2D eigenvalue weighted by atomic mass is 10.2. The van der Waals surface area contributed by atoms with Crippen molar-refractivity contribution in [2.45, 2.75) is 6.18 Å². The van der Waals surface area contributed by atoms with Crippen LogP contribution in [0.2, 0.25) is 5.02 Å². The predicted molar refractivity (Wildman–Crippen MR) is 57.5 cm³/mol. The first-order valence-electron chi connectivity index (χ1n) is 4.58. The summed E-state index contributed by atoms with van der Waals surface area (Å²) in [4.78, 5) is 21.7. The van der Waals surface area contributed by atoms with Crippen molar-refractivity contribution in [2.24, 2.45) is 0 Å². The molecule has 98 valence electrons. The number of nitrogens with zero attached hydrogens (tertiary/aromatic N) is 1. The summed E-state index contributed by atoms with van der Waals surface area (Å²) in [6.45, 7) is -1.10. The van der Waals surface area contributed by atoms with Crippen LogP contribution in [0.25, 0.3) is 0 Å². The summed E-state index contributed by atoms with van der Waals surface area (Å²) in [7, 11) is 0. The molecule has 1 aromatic carbocycles.